The van der Waals surface area contributed by atoms with Gasteiger partial charge in [0.1, 0.15) is 17.2 Å². The zero-order valence-electron chi connectivity index (χ0n) is 14.0. The number of nitriles is 1. The summed E-state index contributed by atoms with van der Waals surface area (Å²) in [5.41, 5.74) is 1.83. The van der Waals surface area contributed by atoms with Gasteiger partial charge in [0.05, 0.1) is 11.6 Å². The first-order valence-corrected chi connectivity index (χ1v) is 9.64. The number of rotatable bonds is 5. The summed E-state index contributed by atoms with van der Waals surface area (Å²) in [6.07, 6.45) is 1.82. The molecule has 0 aliphatic heterocycles. The molecule has 5 nitrogen and oxygen atoms in total. The average molecular weight is 381 g/mol. The molecule has 0 amide bonds. The second kappa shape index (κ2) is 6.92. The fourth-order valence-electron chi connectivity index (χ4n) is 2.63. The summed E-state index contributed by atoms with van der Waals surface area (Å²) in [4.78, 5) is 7.42. The summed E-state index contributed by atoms with van der Waals surface area (Å²) >= 11 is 3.30. The number of allylic oxidation sites excluding steroid dienone is 1. The van der Waals surface area contributed by atoms with Gasteiger partial charge in [0.25, 0.3) is 0 Å². The van der Waals surface area contributed by atoms with Gasteiger partial charge in [-0.3, -0.25) is 0 Å². The summed E-state index contributed by atoms with van der Waals surface area (Å²) in [6, 6.07) is 13.9. The molecule has 3 aromatic heterocycles. The van der Waals surface area contributed by atoms with E-state index in [2.05, 4.69) is 23.2 Å². The van der Waals surface area contributed by atoms with E-state index in [0.717, 1.165) is 24.8 Å². The highest BCUT2D eigenvalue weighted by atomic mass is 32.1. The van der Waals surface area contributed by atoms with Gasteiger partial charge in [-0.05, 0) is 30.3 Å². The minimum absolute atomic E-state index is 0.131. The Labute approximate surface area is 158 Å². The largest absolute Gasteiger partial charge is 0.435 e. The van der Waals surface area contributed by atoms with Crippen molar-refractivity contribution in [3.63, 3.8) is 0 Å². The van der Waals surface area contributed by atoms with Gasteiger partial charge in [0.15, 0.2) is 5.58 Å². The third-order valence-corrected chi connectivity index (χ3v) is 6.31. The first-order valence-electron chi connectivity index (χ1n) is 8.01. The molecule has 26 heavy (non-hydrogen) atoms. The molecule has 0 fully saturated rings. The van der Waals surface area contributed by atoms with Gasteiger partial charge in [-0.1, -0.05) is 12.1 Å². The summed E-state index contributed by atoms with van der Waals surface area (Å²) in [6.45, 7) is 0.739. The monoisotopic (exact) mass is 381 g/mol. The Morgan fingerprint density at radius 1 is 1.31 bits per heavy atom. The number of oxazole rings is 1. The molecule has 0 radical (unpaired) electrons. The van der Waals surface area contributed by atoms with E-state index in [1.807, 2.05) is 42.3 Å². The van der Waals surface area contributed by atoms with Crippen molar-refractivity contribution in [2.45, 2.75) is 0 Å². The molecule has 0 aliphatic carbocycles. The minimum Gasteiger partial charge on any atom is -0.435 e. The molecule has 3 heterocycles. The van der Waals surface area contributed by atoms with E-state index >= 15 is 0 Å². The average Bonchev–Trinajstić information content (AvgIpc) is 3.31. The van der Waals surface area contributed by atoms with Gasteiger partial charge in [0.2, 0.25) is 5.89 Å². The van der Waals surface area contributed by atoms with E-state index in [1.54, 1.807) is 22.7 Å². The van der Waals surface area contributed by atoms with Gasteiger partial charge in [-0.25, -0.2) is 4.98 Å². The van der Waals surface area contributed by atoms with Crippen molar-refractivity contribution >= 4 is 59.8 Å². The van der Waals surface area contributed by atoms with Crippen LogP contribution in [0.2, 0.25) is 0 Å². The number of fused-ring (bicyclic) bond motifs is 2. The molecule has 0 saturated heterocycles. The second-order valence-electron chi connectivity index (χ2n) is 5.76. The van der Waals surface area contributed by atoms with E-state index in [-0.39, 0.29) is 6.61 Å². The van der Waals surface area contributed by atoms with Crippen molar-refractivity contribution in [3.8, 4) is 6.07 Å². The number of anilines is 1. The predicted molar refractivity (Wildman–Crippen MR) is 108 cm³/mol. The molecule has 0 aliphatic rings. The maximum absolute atomic E-state index is 9.53. The fraction of sp³-hybridized carbons (Fsp3) is 0.158. The number of aliphatic hydroxyl groups excluding tert-OH is 1. The minimum atomic E-state index is 0.131. The lowest BCUT2D eigenvalue weighted by atomic mass is 10.2. The van der Waals surface area contributed by atoms with Crippen molar-refractivity contribution < 1.29 is 9.52 Å². The maximum Gasteiger partial charge on any atom is 0.238 e. The molecule has 0 unspecified atom stereocenters. The highest BCUT2D eigenvalue weighted by Gasteiger charge is 2.13. The molecule has 0 saturated carbocycles. The topological polar surface area (TPSA) is 73.3 Å². The summed E-state index contributed by atoms with van der Waals surface area (Å²) in [5, 5.41) is 19.7. The molecule has 1 aromatic carbocycles. The number of thiophene rings is 2. The quantitative estimate of drug-likeness (QED) is 0.512. The number of nitrogens with zero attached hydrogens (tertiary/aromatic N) is 3. The zero-order chi connectivity index (χ0) is 18.1. The van der Waals surface area contributed by atoms with Crippen LogP contribution < -0.4 is 4.90 Å². The van der Waals surface area contributed by atoms with Crippen LogP contribution in [0.15, 0.2) is 40.8 Å². The van der Waals surface area contributed by atoms with Crippen LogP contribution in [-0.4, -0.2) is 30.3 Å². The number of hydrogen-bond donors (Lipinski definition) is 1. The Morgan fingerprint density at radius 3 is 2.85 bits per heavy atom. The molecule has 0 atom stereocenters. The first-order chi connectivity index (χ1) is 12.7. The highest BCUT2D eigenvalue weighted by Crippen LogP contribution is 2.38. The third-order valence-electron chi connectivity index (χ3n) is 3.96. The lowest BCUT2D eigenvalue weighted by Gasteiger charge is -2.14. The fourth-order valence-corrected chi connectivity index (χ4v) is 4.96. The zero-order valence-corrected chi connectivity index (χ0v) is 15.6. The lowest BCUT2D eigenvalue weighted by molar-refractivity contribution is 0.304. The number of aliphatic hydroxyl groups is 1. The Morgan fingerprint density at radius 2 is 2.12 bits per heavy atom. The normalized spacial score (nSPS) is 12.0. The van der Waals surface area contributed by atoms with E-state index in [9.17, 15) is 5.26 Å². The first kappa shape index (κ1) is 16.8. The summed E-state index contributed by atoms with van der Waals surface area (Å²) < 4.78 is 8.03. The standard InChI is InChI=1S/C19H15N3O2S2/c1-22(6-7-23)18-10-17-16(26-18)9-13(25-17)8-12(11-20)19-21-14-4-2-3-5-15(14)24-19/h2-5,8-10,23H,6-7H2,1H3/b12-8+. The van der Waals surface area contributed by atoms with Crippen LogP contribution in [0, 0.1) is 11.3 Å². The van der Waals surface area contributed by atoms with Gasteiger partial charge in [0, 0.05) is 27.9 Å². The Kier molecular flexibility index (Phi) is 4.47. The van der Waals surface area contributed by atoms with Crippen LogP contribution in [0.3, 0.4) is 0 Å². The predicted octanol–water partition coefficient (Wildman–Crippen LogP) is 4.60. The maximum atomic E-state index is 9.53. The van der Waals surface area contributed by atoms with Gasteiger partial charge < -0.3 is 14.4 Å². The molecule has 130 valence electrons. The van der Waals surface area contributed by atoms with Crippen LogP contribution >= 0.6 is 22.7 Å². The van der Waals surface area contributed by atoms with Crippen LogP contribution in [0.4, 0.5) is 5.00 Å². The number of hydrogen-bond acceptors (Lipinski definition) is 7. The molecular formula is C19H15N3O2S2. The van der Waals surface area contributed by atoms with E-state index in [0.29, 0.717) is 23.6 Å². The molecule has 0 spiro atoms. The van der Waals surface area contributed by atoms with Crippen molar-refractivity contribution in [2.75, 3.05) is 25.1 Å². The van der Waals surface area contributed by atoms with Crippen molar-refractivity contribution in [2.24, 2.45) is 0 Å². The van der Waals surface area contributed by atoms with Crippen molar-refractivity contribution in [3.05, 3.63) is 47.2 Å². The van der Waals surface area contributed by atoms with Gasteiger partial charge in [-0.2, -0.15) is 5.26 Å². The molecule has 1 N–H and O–H groups in total. The number of benzene rings is 1. The SMILES string of the molecule is CN(CCO)c1cc2sc(/C=C(\C#N)c3nc4ccccc4o3)cc2s1. The van der Waals surface area contributed by atoms with Crippen LogP contribution in [0.5, 0.6) is 0 Å². The van der Waals surface area contributed by atoms with Crippen LogP contribution in [-0.2, 0) is 0 Å². The lowest BCUT2D eigenvalue weighted by Crippen LogP contribution is -2.19. The van der Waals surface area contributed by atoms with Gasteiger partial charge >= 0.3 is 0 Å². The molecule has 4 rings (SSSR count). The molecule has 0 bridgehead atoms. The molecular weight excluding hydrogens is 366 g/mol. The van der Waals surface area contributed by atoms with E-state index in [4.69, 9.17) is 9.52 Å². The van der Waals surface area contributed by atoms with Crippen LogP contribution in [0.1, 0.15) is 10.8 Å². The third kappa shape index (κ3) is 3.10. The smallest absolute Gasteiger partial charge is 0.238 e. The Bertz CT molecular complexity index is 1080. The highest BCUT2D eigenvalue weighted by molar-refractivity contribution is 7.30. The second-order valence-corrected chi connectivity index (χ2v) is 7.94. The van der Waals surface area contributed by atoms with Gasteiger partial charge in [-0.15, -0.1) is 22.7 Å². The number of para-hydroxylation sites is 2. The summed E-state index contributed by atoms with van der Waals surface area (Å²) in [7, 11) is 1.97. The van der Waals surface area contributed by atoms with Crippen molar-refractivity contribution in [1.29, 1.82) is 5.26 Å². The van der Waals surface area contributed by atoms with E-state index < -0.39 is 0 Å². The van der Waals surface area contributed by atoms with E-state index in [1.165, 1.54) is 0 Å². The Balaban J connectivity index is 1.67. The van der Waals surface area contributed by atoms with Crippen molar-refractivity contribution in [1.82, 2.24) is 4.98 Å². The molecule has 7 heteroatoms. The number of likely N-dealkylation sites (N-methyl/N-ethyl adjacent to an activating group) is 1. The molecule has 4 aromatic rings. The number of aromatic nitrogens is 1. The Hall–Kier alpha value is -2.66. The van der Waals surface area contributed by atoms with Crippen LogP contribution in [0.25, 0.3) is 32.1 Å². The summed E-state index contributed by atoms with van der Waals surface area (Å²) in [5.74, 6) is 0.342.